The molecule has 0 aliphatic rings. The van der Waals surface area contributed by atoms with Crippen LogP contribution in [-0.4, -0.2) is 36.1 Å². The van der Waals surface area contributed by atoms with E-state index in [9.17, 15) is 4.79 Å². The zero-order valence-electron chi connectivity index (χ0n) is 14.5. The summed E-state index contributed by atoms with van der Waals surface area (Å²) in [5.41, 5.74) is 1.85. The molecule has 2 aromatic carbocycles. The largest absolute Gasteiger partial charge is 0.383 e. The summed E-state index contributed by atoms with van der Waals surface area (Å²) in [6.45, 7) is 1.12. The predicted octanol–water partition coefficient (Wildman–Crippen LogP) is 3.45. The molecule has 0 aliphatic heterocycles. The molecule has 1 aromatic heterocycles. The van der Waals surface area contributed by atoms with E-state index in [0.717, 1.165) is 5.56 Å². The lowest BCUT2D eigenvalue weighted by Crippen LogP contribution is -2.16. The number of carbonyl (C=O) groups excluding carboxylic acids is 1. The highest BCUT2D eigenvalue weighted by molar-refractivity contribution is 6.03. The first-order valence-corrected chi connectivity index (χ1v) is 8.30. The lowest BCUT2D eigenvalue weighted by Gasteiger charge is -2.10. The molecule has 6 heteroatoms. The first-order valence-electron chi connectivity index (χ1n) is 8.30. The monoisotopic (exact) mass is 348 g/mol. The van der Waals surface area contributed by atoms with Crippen molar-refractivity contribution in [2.24, 2.45) is 0 Å². The molecule has 0 unspecified atom stereocenters. The third-order valence-corrected chi connectivity index (χ3v) is 3.63. The van der Waals surface area contributed by atoms with Crippen LogP contribution in [0.5, 0.6) is 0 Å². The van der Waals surface area contributed by atoms with Crippen molar-refractivity contribution in [2.45, 2.75) is 0 Å². The predicted molar refractivity (Wildman–Crippen MR) is 102 cm³/mol. The van der Waals surface area contributed by atoms with Crippen LogP contribution in [0.2, 0.25) is 0 Å². The fourth-order valence-corrected chi connectivity index (χ4v) is 2.37. The van der Waals surface area contributed by atoms with E-state index in [1.54, 1.807) is 13.2 Å². The number of hydrogen-bond acceptors (Lipinski definition) is 5. The van der Waals surface area contributed by atoms with Gasteiger partial charge in [0.25, 0.3) is 5.91 Å². The molecular formula is C20H20N4O2. The Bertz CT molecular complexity index is 854. The van der Waals surface area contributed by atoms with Crippen molar-refractivity contribution >= 4 is 17.4 Å². The van der Waals surface area contributed by atoms with Crippen molar-refractivity contribution in [3.8, 4) is 11.4 Å². The Hall–Kier alpha value is -3.25. The van der Waals surface area contributed by atoms with Gasteiger partial charge in [0.15, 0.2) is 5.82 Å². The molecule has 3 aromatic rings. The van der Waals surface area contributed by atoms with E-state index in [-0.39, 0.29) is 5.91 Å². The molecule has 1 amide bonds. The summed E-state index contributed by atoms with van der Waals surface area (Å²) in [5, 5.41) is 6.01. The fraction of sp³-hybridized carbons (Fsp3) is 0.150. The Labute approximate surface area is 152 Å². The van der Waals surface area contributed by atoms with Gasteiger partial charge in [0, 0.05) is 31.0 Å². The number of rotatable bonds is 7. The van der Waals surface area contributed by atoms with Crippen LogP contribution in [0.3, 0.4) is 0 Å². The van der Waals surface area contributed by atoms with Crippen molar-refractivity contribution in [1.29, 1.82) is 0 Å². The number of benzene rings is 2. The average molecular weight is 348 g/mol. The Morgan fingerprint density at radius 1 is 1.00 bits per heavy atom. The van der Waals surface area contributed by atoms with Crippen LogP contribution in [0.4, 0.5) is 11.5 Å². The summed E-state index contributed by atoms with van der Waals surface area (Å²) in [7, 11) is 1.63. The number of methoxy groups -OCH3 is 1. The molecule has 0 atom stereocenters. The maximum absolute atomic E-state index is 12.6. The first-order chi connectivity index (χ1) is 12.8. The summed E-state index contributed by atoms with van der Waals surface area (Å²) in [4.78, 5) is 21.6. The molecule has 0 saturated carbocycles. The smallest absolute Gasteiger partial charge is 0.274 e. The molecule has 0 spiro atoms. The second kappa shape index (κ2) is 8.73. The van der Waals surface area contributed by atoms with E-state index >= 15 is 0 Å². The quantitative estimate of drug-likeness (QED) is 0.640. The maximum atomic E-state index is 12.6. The third-order valence-electron chi connectivity index (χ3n) is 3.63. The van der Waals surface area contributed by atoms with Crippen LogP contribution < -0.4 is 10.6 Å². The van der Waals surface area contributed by atoms with Gasteiger partial charge in [0.2, 0.25) is 0 Å². The standard InChI is InChI=1S/C20H20N4O2/c1-26-13-12-21-18-14-17(20(25)22-16-10-6-3-7-11-16)23-19(24-18)15-8-4-2-5-9-15/h2-11,14H,12-13H2,1H3,(H,22,25)(H,21,23,24). The van der Waals surface area contributed by atoms with Crippen LogP contribution in [0, 0.1) is 0 Å². The summed E-state index contributed by atoms with van der Waals surface area (Å²) < 4.78 is 5.05. The molecule has 1 heterocycles. The van der Waals surface area contributed by atoms with E-state index < -0.39 is 0 Å². The molecule has 0 fully saturated rings. The summed E-state index contributed by atoms with van der Waals surface area (Å²) in [5.74, 6) is 0.783. The molecule has 26 heavy (non-hydrogen) atoms. The van der Waals surface area contributed by atoms with E-state index in [1.807, 2.05) is 60.7 Å². The highest BCUT2D eigenvalue weighted by Gasteiger charge is 2.13. The van der Waals surface area contributed by atoms with E-state index in [2.05, 4.69) is 20.6 Å². The average Bonchev–Trinajstić information content (AvgIpc) is 2.69. The maximum Gasteiger partial charge on any atom is 0.274 e. The number of ether oxygens (including phenoxy) is 1. The second-order valence-electron chi connectivity index (χ2n) is 5.57. The van der Waals surface area contributed by atoms with Crippen LogP contribution in [0.25, 0.3) is 11.4 Å². The molecule has 3 rings (SSSR count). The van der Waals surface area contributed by atoms with Crippen molar-refractivity contribution in [3.63, 3.8) is 0 Å². The lowest BCUT2D eigenvalue weighted by molar-refractivity contribution is 0.102. The number of anilines is 2. The van der Waals surface area contributed by atoms with Crippen molar-refractivity contribution in [1.82, 2.24) is 9.97 Å². The normalized spacial score (nSPS) is 10.3. The number of carbonyl (C=O) groups is 1. The van der Waals surface area contributed by atoms with Crippen molar-refractivity contribution < 1.29 is 9.53 Å². The topological polar surface area (TPSA) is 76.1 Å². The van der Waals surface area contributed by atoms with Gasteiger partial charge in [-0.05, 0) is 12.1 Å². The molecular weight excluding hydrogens is 328 g/mol. The fourth-order valence-electron chi connectivity index (χ4n) is 2.37. The zero-order chi connectivity index (χ0) is 18.2. The first kappa shape index (κ1) is 17.6. The Balaban J connectivity index is 1.89. The van der Waals surface area contributed by atoms with E-state index in [0.29, 0.717) is 36.2 Å². The van der Waals surface area contributed by atoms with Gasteiger partial charge < -0.3 is 15.4 Å². The second-order valence-corrected chi connectivity index (χ2v) is 5.57. The number of hydrogen-bond donors (Lipinski definition) is 2. The van der Waals surface area contributed by atoms with Crippen molar-refractivity contribution in [3.05, 3.63) is 72.4 Å². The Kier molecular flexibility index (Phi) is 5.90. The molecule has 6 nitrogen and oxygen atoms in total. The summed E-state index contributed by atoms with van der Waals surface area (Å²) in [6.07, 6.45) is 0. The van der Waals surface area contributed by atoms with Gasteiger partial charge in [-0.1, -0.05) is 48.5 Å². The lowest BCUT2D eigenvalue weighted by atomic mass is 10.2. The van der Waals surface area contributed by atoms with Crippen LogP contribution >= 0.6 is 0 Å². The van der Waals surface area contributed by atoms with Gasteiger partial charge in [0.1, 0.15) is 11.5 Å². The summed E-state index contributed by atoms with van der Waals surface area (Å²) in [6, 6.07) is 20.5. The highest BCUT2D eigenvalue weighted by atomic mass is 16.5. The number of para-hydroxylation sites is 1. The van der Waals surface area contributed by atoms with Crippen LogP contribution in [0.1, 0.15) is 10.5 Å². The highest BCUT2D eigenvalue weighted by Crippen LogP contribution is 2.18. The Morgan fingerprint density at radius 2 is 1.69 bits per heavy atom. The number of aromatic nitrogens is 2. The molecule has 0 aliphatic carbocycles. The molecule has 0 bridgehead atoms. The minimum absolute atomic E-state index is 0.287. The van der Waals surface area contributed by atoms with Crippen molar-refractivity contribution in [2.75, 3.05) is 30.9 Å². The molecule has 132 valence electrons. The molecule has 0 saturated heterocycles. The number of nitrogens with one attached hydrogen (secondary N) is 2. The third kappa shape index (κ3) is 4.64. The van der Waals surface area contributed by atoms with Crippen LogP contribution in [0.15, 0.2) is 66.7 Å². The van der Waals surface area contributed by atoms with Gasteiger partial charge >= 0.3 is 0 Å². The van der Waals surface area contributed by atoms with E-state index in [4.69, 9.17) is 4.74 Å². The van der Waals surface area contributed by atoms with Gasteiger partial charge in [-0.3, -0.25) is 4.79 Å². The molecule has 2 N–H and O–H groups in total. The van der Waals surface area contributed by atoms with Gasteiger partial charge in [-0.25, -0.2) is 9.97 Å². The minimum atomic E-state index is -0.287. The zero-order valence-corrected chi connectivity index (χ0v) is 14.5. The SMILES string of the molecule is COCCNc1cc(C(=O)Nc2ccccc2)nc(-c2ccccc2)n1. The minimum Gasteiger partial charge on any atom is -0.383 e. The summed E-state index contributed by atoms with van der Waals surface area (Å²) >= 11 is 0. The Morgan fingerprint density at radius 3 is 2.38 bits per heavy atom. The van der Waals surface area contributed by atoms with Gasteiger partial charge in [-0.2, -0.15) is 0 Å². The molecule has 0 radical (unpaired) electrons. The van der Waals surface area contributed by atoms with Gasteiger partial charge in [-0.15, -0.1) is 0 Å². The van der Waals surface area contributed by atoms with Gasteiger partial charge in [0.05, 0.1) is 6.61 Å². The number of amides is 1. The number of nitrogens with zero attached hydrogens (tertiary/aromatic N) is 2. The van der Waals surface area contributed by atoms with E-state index in [1.165, 1.54) is 0 Å². The van der Waals surface area contributed by atoms with Crippen LogP contribution in [-0.2, 0) is 4.74 Å².